The molecule has 0 aromatic heterocycles. The Bertz CT molecular complexity index is 318. The van der Waals surface area contributed by atoms with Crippen molar-refractivity contribution in [1.82, 2.24) is 0 Å². The van der Waals surface area contributed by atoms with Crippen LogP contribution in [0, 0.1) is 0 Å². The van der Waals surface area contributed by atoms with Crippen molar-refractivity contribution >= 4 is 17.1 Å². The Labute approximate surface area is 91.4 Å². The molecule has 0 aliphatic heterocycles. The molecule has 2 rings (SSSR count). The van der Waals surface area contributed by atoms with Crippen molar-refractivity contribution in [3.63, 3.8) is 0 Å². The van der Waals surface area contributed by atoms with Crippen molar-refractivity contribution in [3.05, 3.63) is 35.5 Å². The van der Waals surface area contributed by atoms with E-state index in [-0.39, 0.29) is 0 Å². The van der Waals surface area contributed by atoms with Crippen LogP contribution in [0.5, 0.6) is 0 Å². The molecule has 0 nitrogen and oxygen atoms in total. The van der Waals surface area contributed by atoms with Gasteiger partial charge in [0.1, 0.15) is 0 Å². The molecule has 0 fully saturated rings. The lowest BCUT2D eigenvalue weighted by Gasteiger charge is -2.16. The van der Waals surface area contributed by atoms with Crippen molar-refractivity contribution < 1.29 is 0 Å². The van der Waals surface area contributed by atoms with Gasteiger partial charge in [0.25, 0.3) is 0 Å². The molecule has 0 N–H and O–H groups in total. The predicted octanol–water partition coefficient (Wildman–Crippen LogP) is 4.13. The Morgan fingerprint density at radius 2 is 2.07 bits per heavy atom. The van der Waals surface area contributed by atoms with Gasteiger partial charge in [-0.2, -0.15) is 0 Å². The number of allylic oxidation sites excluding steroid dienone is 6. The molecule has 0 heterocycles. The molecule has 14 heavy (non-hydrogen) atoms. The van der Waals surface area contributed by atoms with E-state index in [0.717, 1.165) is 12.8 Å². The summed E-state index contributed by atoms with van der Waals surface area (Å²) in [6, 6.07) is 0. The summed E-state index contributed by atoms with van der Waals surface area (Å²) in [5.41, 5.74) is 3.19. The van der Waals surface area contributed by atoms with Crippen LogP contribution in [0.3, 0.4) is 0 Å². The van der Waals surface area contributed by atoms with Gasteiger partial charge in [-0.25, -0.2) is 0 Å². The fourth-order valence-electron chi connectivity index (χ4n) is 2.01. The van der Waals surface area contributed by atoms with Crippen molar-refractivity contribution in [2.45, 2.75) is 38.5 Å². The first-order valence-electron chi connectivity index (χ1n) is 5.39. The topological polar surface area (TPSA) is 0 Å². The maximum Gasteiger partial charge on any atom is -0.00306 e. The second kappa shape index (κ2) is 4.70. The third kappa shape index (κ3) is 2.65. The fourth-order valence-corrected chi connectivity index (χ4v) is 2.20. The zero-order chi connectivity index (χ0) is 9.80. The molecule has 0 saturated heterocycles. The second-order valence-electron chi connectivity index (χ2n) is 4.07. The zero-order valence-corrected chi connectivity index (χ0v) is 9.28. The molecule has 1 heteroatoms. The minimum absolute atomic E-state index is 1.04. The van der Waals surface area contributed by atoms with E-state index in [1.54, 1.807) is 11.1 Å². The summed E-state index contributed by atoms with van der Waals surface area (Å²) in [6.07, 6.45) is 16.1. The monoisotopic (exact) mass is 204 g/mol. The largest absolute Gasteiger partial charge is 0.0893 e. The zero-order valence-electron chi connectivity index (χ0n) is 8.46. The average Bonchev–Trinajstić information content (AvgIpc) is 2.23. The van der Waals surface area contributed by atoms with Gasteiger partial charge in [0.2, 0.25) is 0 Å². The third-order valence-electron chi connectivity index (χ3n) is 2.90. The van der Waals surface area contributed by atoms with E-state index in [2.05, 4.69) is 24.3 Å². The molecule has 0 aromatic carbocycles. The fraction of sp³-hybridized carbons (Fsp3) is 0.462. The van der Waals surface area contributed by atoms with E-state index in [4.69, 9.17) is 12.2 Å². The first-order valence-corrected chi connectivity index (χ1v) is 5.79. The number of rotatable bonds is 2. The van der Waals surface area contributed by atoms with Gasteiger partial charge in [0.05, 0.1) is 0 Å². The molecule has 0 saturated carbocycles. The van der Waals surface area contributed by atoms with Crippen LogP contribution in [-0.4, -0.2) is 4.86 Å². The van der Waals surface area contributed by atoms with Crippen LogP contribution in [0.4, 0.5) is 0 Å². The minimum Gasteiger partial charge on any atom is -0.0893 e. The van der Waals surface area contributed by atoms with E-state index in [9.17, 15) is 0 Å². The first kappa shape index (κ1) is 9.85. The van der Waals surface area contributed by atoms with Crippen LogP contribution in [0.25, 0.3) is 0 Å². The molecule has 0 aromatic rings. The van der Waals surface area contributed by atoms with E-state index in [0.29, 0.717) is 0 Å². The summed E-state index contributed by atoms with van der Waals surface area (Å²) in [5, 5.41) is 0. The molecule has 0 bridgehead atoms. The Balaban J connectivity index is 1.94. The van der Waals surface area contributed by atoms with Gasteiger partial charge in [0.15, 0.2) is 0 Å². The van der Waals surface area contributed by atoms with E-state index in [1.165, 1.54) is 30.5 Å². The minimum atomic E-state index is 1.04. The maximum atomic E-state index is 5.19. The van der Waals surface area contributed by atoms with Gasteiger partial charge in [-0.3, -0.25) is 0 Å². The lowest BCUT2D eigenvalue weighted by molar-refractivity contribution is 0.849. The molecule has 0 spiro atoms. The van der Waals surface area contributed by atoms with Crippen molar-refractivity contribution in [2.75, 3.05) is 0 Å². The van der Waals surface area contributed by atoms with Crippen molar-refractivity contribution in [3.8, 4) is 0 Å². The highest BCUT2D eigenvalue weighted by atomic mass is 32.1. The average molecular weight is 204 g/mol. The van der Waals surface area contributed by atoms with Gasteiger partial charge in [-0.1, -0.05) is 47.7 Å². The van der Waals surface area contributed by atoms with Gasteiger partial charge in [0, 0.05) is 0 Å². The molecule has 0 radical (unpaired) electrons. The van der Waals surface area contributed by atoms with Crippen molar-refractivity contribution in [1.29, 1.82) is 0 Å². The lowest BCUT2D eigenvalue weighted by Crippen LogP contribution is -2.02. The van der Waals surface area contributed by atoms with Crippen molar-refractivity contribution in [2.24, 2.45) is 0 Å². The molecule has 2 aliphatic rings. The SMILES string of the molecule is S=C1CC=C(CC2=CC=CCC2)CC1. The number of thiocarbonyl (C=S) groups is 1. The Hall–Kier alpha value is -0.690. The van der Waals surface area contributed by atoms with Crippen LogP contribution < -0.4 is 0 Å². The molecule has 0 atom stereocenters. The lowest BCUT2D eigenvalue weighted by atomic mass is 9.91. The summed E-state index contributed by atoms with van der Waals surface area (Å²) in [7, 11) is 0. The van der Waals surface area contributed by atoms with Crippen LogP contribution in [-0.2, 0) is 0 Å². The highest BCUT2D eigenvalue weighted by molar-refractivity contribution is 7.80. The molecular formula is C13H16S. The van der Waals surface area contributed by atoms with Gasteiger partial charge < -0.3 is 0 Å². The Morgan fingerprint density at radius 3 is 2.71 bits per heavy atom. The van der Waals surface area contributed by atoms with Gasteiger partial charge in [-0.15, -0.1) is 0 Å². The van der Waals surface area contributed by atoms with Crippen LogP contribution >= 0.6 is 12.2 Å². The molecule has 0 unspecified atom stereocenters. The first-order chi connectivity index (χ1) is 6.84. The van der Waals surface area contributed by atoms with Gasteiger partial charge >= 0.3 is 0 Å². The summed E-state index contributed by atoms with van der Waals surface area (Å²) in [5.74, 6) is 0. The summed E-state index contributed by atoms with van der Waals surface area (Å²) in [4.78, 5) is 1.23. The number of hydrogen-bond acceptors (Lipinski definition) is 1. The molecule has 0 amide bonds. The Morgan fingerprint density at radius 1 is 1.14 bits per heavy atom. The molecular weight excluding hydrogens is 188 g/mol. The second-order valence-corrected chi connectivity index (χ2v) is 4.65. The maximum absolute atomic E-state index is 5.19. The van der Waals surface area contributed by atoms with E-state index < -0.39 is 0 Å². The Kier molecular flexibility index (Phi) is 3.30. The van der Waals surface area contributed by atoms with Crippen LogP contribution in [0.15, 0.2) is 35.5 Å². The smallest absolute Gasteiger partial charge is 0.00306 e. The quantitative estimate of drug-likeness (QED) is 0.481. The van der Waals surface area contributed by atoms with Crippen LogP contribution in [0.2, 0.25) is 0 Å². The third-order valence-corrected chi connectivity index (χ3v) is 3.27. The van der Waals surface area contributed by atoms with Crippen LogP contribution in [0.1, 0.15) is 38.5 Å². The highest BCUT2D eigenvalue weighted by Crippen LogP contribution is 2.25. The predicted molar refractivity (Wildman–Crippen MR) is 65.6 cm³/mol. The summed E-state index contributed by atoms with van der Waals surface area (Å²) >= 11 is 5.19. The standard InChI is InChI=1S/C13H16S/c14-13-8-6-12(7-9-13)10-11-4-2-1-3-5-11/h1-2,4,6H,3,5,7-10H2. The summed E-state index contributed by atoms with van der Waals surface area (Å²) in [6.45, 7) is 0. The number of hydrogen-bond donors (Lipinski definition) is 0. The summed E-state index contributed by atoms with van der Waals surface area (Å²) < 4.78 is 0. The van der Waals surface area contributed by atoms with Gasteiger partial charge in [-0.05, 0) is 43.4 Å². The van der Waals surface area contributed by atoms with E-state index >= 15 is 0 Å². The highest BCUT2D eigenvalue weighted by Gasteiger charge is 2.09. The van der Waals surface area contributed by atoms with E-state index in [1.807, 2.05) is 0 Å². The normalized spacial score (nSPS) is 21.9. The molecule has 74 valence electrons. The molecule has 2 aliphatic carbocycles.